The molecule has 0 bridgehead atoms. The molecular formula is C16H33N3. The zero-order chi connectivity index (χ0) is 13.8. The Morgan fingerprint density at radius 1 is 1.21 bits per heavy atom. The fourth-order valence-corrected chi connectivity index (χ4v) is 3.81. The summed E-state index contributed by atoms with van der Waals surface area (Å²) in [5.74, 6) is 0.734. The molecule has 0 saturated carbocycles. The monoisotopic (exact) mass is 267 g/mol. The van der Waals surface area contributed by atoms with E-state index in [-0.39, 0.29) is 0 Å². The van der Waals surface area contributed by atoms with Crippen LogP contribution in [-0.4, -0.2) is 60.6 Å². The second-order valence-corrected chi connectivity index (χ2v) is 6.72. The number of piperazine rings is 1. The summed E-state index contributed by atoms with van der Waals surface area (Å²) in [4.78, 5) is 5.51. The van der Waals surface area contributed by atoms with Gasteiger partial charge in [0.25, 0.3) is 0 Å². The van der Waals surface area contributed by atoms with Gasteiger partial charge in [-0.15, -0.1) is 0 Å². The third kappa shape index (κ3) is 3.71. The van der Waals surface area contributed by atoms with Crippen molar-refractivity contribution in [2.45, 2.75) is 65.1 Å². The van der Waals surface area contributed by atoms with E-state index in [2.05, 4.69) is 42.8 Å². The van der Waals surface area contributed by atoms with E-state index >= 15 is 0 Å². The smallest absolute Gasteiger partial charge is 0.0224 e. The van der Waals surface area contributed by atoms with Crippen LogP contribution < -0.4 is 5.32 Å². The molecule has 2 aliphatic rings. The minimum Gasteiger partial charge on any atom is -0.317 e. The molecule has 0 radical (unpaired) electrons. The molecule has 0 aromatic rings. The number of nitrogens with zero attached hydrogens (tertiary/aromatic N) is 2. The lowest BCUT2D eigenvalue weighted by atomic mass is 9.93. The van der Waals surface area contributed by atoms with Gasteiger partial charge in [-0.2, -0.15) is 0 Å². The maximum absolute atomic E-state index is 3.50. The van der Waals surface area contributed by atoms with Gasteiger partial charge in [-0.3, -0.25) is 9.80 Å². The fourth-order valence-electron chi connectivity index (χ4n) is 3.81. The van der Waals surface area contributed by atoms with Crippen LogP contribution >= 0.6 is 0 Å². The average molecular weight is 267 g/mol. The highest BCUT2D eigenvalue weighted by molar-refractivity contribution is 4.92. The predicted octanol–water partition coefficient (Wildman–Crippen LogP) is 2.18. The molecule has 2 fully saturated rings. The number of piperidine rings is 1. The Kier molecular flexibility index (Phi) is 5.67. The summed E-state index contributed by atoms with van der Waals surface area (Å²) >= 11 is 0. The summed E-state index contributed by atoms with van der Waals surface area (Å²) in [6.07, 6.45) is 4.26. The highest BCUT2D eigenvalue weighted by Gasteiger charge is 2.35. The molecule has 4 atom stereocenters. The first kappa shape index (κ1) is 15.3. The molecule has 1 N–H and O–H groups in total. The van der Waals surface area contributed by atoms with Crippen molar-refractivity contribution in [2.75, 3.05) is 32.7 Å². The second kappa shape index (κ2) is 7.05. The minimum atomic E-state index is 0.693. The van der Waals surface area contributed by atoms with Crippen LogP contribution in [0.4, 0.5) is 0 Å². The van der Waals surface area contributed by atoms with Crippen molar-refractivity contribution in [1.82, 2.24) is 15.1 Å². The van der Waals surface area contributed by atoms with Gasteiger partial charge in [0.05, 0.1) is 0 Å². The Morgan fingerprint density at radius 3 is 2.74 bits per heavy atom. The molecule has 3 heteroatoms. The Labute approximate surface area is 119 Å². The van der Waals surface area contributed by atoms with E-state index in [4.69, 9.17) is 0 Å². The molecule has 0 aliphatic carbocycles. The van der Waals surface area contributed by atoms with Crippen LogP contribution in [0.15, 0.2) is 0 Å². The van der Waals surface area contributed by atoms with E-state index < -0.39 is 0 Å². The highest BCUT2D eigenvalue weighted by atomic mass is 15.3. The average Bonchev–Trinajstić information content (AvgIpc) is 2.43. The van der Waals surface area contributed by atoms with Gasteiger partial charge in [-0.1, -0.05) is 20.3 Å². The van der Waals surface area contributed by atoms with Gasteiger partial charge in [0.2, 0.25) is 0 Å². The molecule has 3 nitrogen and oxygen atoms in total. The number of fused-ring (bicyclic) bond motifs is 1. The molecular weight excluding hydrogens is 234 g/mol. The van der Waals surface area contributed by atoms with Crippen molar-refractivity contribution in [3.63, 3.8) is 0 Å². The van der Waals surface area contributed by atoms with Crippen molar-refractivity contribution in [3.05, 3.63) is 0 Å². The van der Waals surface area contributed by atoms with E-state index in [1.165, 1.54) is 38.9 Å². The summed E-state index contributed by atoms with van der Waals surface area (Å²) in [5.41, 5.74) is 0. The van der Waals surface area contributed by atoms with Crippen LogP contribution in [0, 0.1) is 5.92 Å². The summed E-state index contributed by atoms with van der Waals surface area (Å²) in [7, 11) is 0. The normalized spacial score (nSPS) is 32.8. The zero-order valence-corrected chi connectivity index (χ0v) is 13.4. The van der Waals surface area contributed by atoms with E-state index in [9.17, 15) is 0 Å². The van der Waals surface area contributed by atoms with E-state index in [1.54, 1.807) is 0 Å². The summed E-state index contributed by atoms with van der Waals surface area (Å²) < 4.78 is 0. The van der Waals surface area contributed by atoms with Crippen LogP contribution in [0.2, 0.25) is 0 Å². The highest BCUT2D eigenvalue weighted by Crippen LogP contribution is 2.26. The van der Waals surface area contributed by atoms with Crippen molar-refractivity contribution in [1.29, 1.82) is 0 Å². The van der Waals surface area contributed by atoms with Crippen molar-refractivity contribution in [2.24, 2.45) is 5.92 Å². The molecule has 2 saturated heterocycles. The van der Waals surface area contributed by atoms with E-state index in [0.29, 0.717) is 12.1 Å². The summed E-state index contributed by atoms with van der Waals surface area (Å²) in [5, 5.41) is 3.50. The first-order valence-corrected chi connectivity index (χ1v) is 8.34. The third-order valence-electron chi connectivity index (χ3n) is 5.30. The van der Waals surface area contributed by atoms with Crippen LogP contribution in [0.1, 0.15) is 47.0 Å². The Hall–Kier alpha value is -0.120. The topological polar surface area (TPSA) is 18.5 Å². The molecule has 0 aromatic heterocycles. The number of nitrogens with one attached hydrogen (secondary N) is 1. The molecule has 2 rings (SSSR count). The molecule has 0 spiro atoms. The van der Waals surface area contributed by atoms with Crippen LogP contribution in [0.3, 0.4) is 0 Å². The van der Waals surface area contributed by atoms with Gasteiger partial charge in [0, 0.05) is 31.2 Å². The Morgan fingerprint density at radius 2 is 2.00 bits per heavy atom. The van der Waals surface area contributed by atoms with Gasteiger partial charge in [-0.05, 0) is 52.2 Å². The summed E-state index contributed by atoms with van der Waals surface area (Å²) in [6, 6.07) is 2.24. The van der Waals surface area contributed by atoms with Crippen LogP contribution in [0.5, 0.6) is 0 Å². The van der Waals surface area contributed by atoms with Crippen LogP contribution in [0.25, 0.3) is 0 Å². The second-order valence-electron chi connectivity index (χ2n) is 6.72. The first-order valence-electron chi connectivity index (χ1n) is 8.34. The quantitative estimate of drug-likeness (QED) is 0.824. The largest absolute Gasteiger partial charge is 0.317 e. The number of hydrogen-bond donors (Lipinski definition) is 1. The van der Waals surface area contributed by atoms with Crippen molar-refractivity contribution in [3.8, 4) is 0 Å². The predicted molar refractivity (Wildman–Crippen MR) is 82.5 cm³/mol. The number of rotatable bonds is 5. The molecule has 4 unspecified atom stereocenters. The third-order valence-corrected chi connectivity index (χ3v) is 5.30. The lowest BCUT2D eigenvalue weighted by Gasteiger charge is -2.50. The zero-order valence-electron chi connectivity index (χ0n) is 13.4. The lowest BCUT2D eigenvalue weighted by Crippen LogP contribution is -2.61. The van der Waals surface area contributed by atoms with Crippen LogP contribution in [-0.2, 0) is 0 Å². The van der Waals surface area contributed by atoms with Gasteiger partial charge >= 0.3 is 0 Å². The van der Waals surface area contributed by atoms with Gasteiger partial charge < -0.3 is 5.32 Å². The SMILES string of the molecule is CCNCC(C)C(C)N1CC2CCCCN2CC1C. The van der Waals surface area contributed by atoms with E-state index in [0.717, 1.165) is 25.0 Å². The molecule has 112 valence electrons. The Balaban J connectivity index is 1.91. The van der Waals surface area contributed by atoms with Crippen molar-refractivity contribution >= 4 is 0 Å². The minimum absolute atomic E-state index is 0.693. The summed E-state index contributed by atoms with van der Waals surface area (Å²) in [6.45, 7) is 15.6. The van der Waals surface area contributed by atoms with Gasteiger partial charge in [0.15, 0.2) is 0 Å². The first-order chi connectivity index (χ1) is 9.13. The maximum Gasteiger partial charge on any atom is 0.0224 e. The van der Waals surface area contributed by atoms with Gasteiger partial charge in [-0.25, -0.2) is 0 Å². The maximum atomic E-state index is 3.50. The molecule has 19 heavy (non-hydrogen) atoms. The molecule has 0 aromatic carbocycles. The lowest BCUT2D eigenvalue weighted by molar-refractivity contribution is -0.0152. The number of hydrogen-bond acceptors (Lipinski definition) is 3. The fraction of sp³-hybridized carbons (Fsp3) is 1.00. The van der Waals surface area contributed by atoms with E-state index in [1.807, 2.05) is 0 Å². The van der Waals surface area contributed by atoms with Gasteiger partial charge in [0.1, 0.15) is 0 Å². The Bertz CT molecular complexity index is 269. The van der Waals surface area contributed by atoms with Crippen molar-refractivity contribution < 1.29 is 0 Å². The molecule has 0 amide bonds. The molecule has 2 heterocycles. The standard InChI is InChI=1S/C16H33N3/c1-5-17-10-13(2)15(4)19-12-16-8-6-7-9-18(16)11-14(19)3/h13-17H,5-12H2,1-4H3. The molecule has 2 aliphatic heterocycles.